The Hall–Kier alpha value is -1.36. The monoisotopic (exact) mass is 497 g/mol. The van der Waals surface area contributed by atoms with Crippen LogP contribution in [0.3, 0.4) is 0 Å². The number of carbonyl (C=O) groups is 2. The molecule has 202 valence electrons. The highest BCUT2D eigenvalue weighted by Crippen LogP contribution is 2.68. The minimum absolute atomic E-state index is 0.0419. The molecule has 1 aliphatic heterocycles. The Bertz CT molecular complexity index is 929. The van der Waals surface area contributed by atoms with Crippen LogP contribution in [-0.2, 0) is 9.59 Å². The maximum atomic E-state index is 13.6. The van der Waals surface area contributed by atoms with Crippen molar-refractivity contribution in [1.29, 1.82) is 0 Å². The zero-order chi connectivity index (χ0) is 26.2. The van der Waals surface area contributed by atoms with Gasteiger partial charge in [0, 0.05) is 39.6 Å². The molecule has 9 unspecified atom stereocenters. The van der Waals surface area contributed by atoms with Gasteiger partial charge in [-0.1, -0.05) is 32.4 Å². The normalized spacial score (nSPS) is 42.6. The van der Waals surface area contributed by atoms with Crippen LogP contribution in [0.25, 0.3) is 0 Å². The van der Waals surface area contributed by atoms with Crippen molar-refractivity contribution in [3.63, 3.8) is 0 Å². The summed E-state index contributed by atoms with van der Waals surface area (Å²) >= 11 is 0. The van der Waals surface area contributed by atoms with E-state index in [0.717, 1.165) is 42.6 Å². The lowest BCUT2D eigenvalue weighted by atomic mass is 9.47. The van der Waals surface area contributed by atoms with Gasteiger partial charge in [0.15, 0.2) is 0 Å². The summed E-state index contributed by atoms with van der Waals surface area (Å²) in [5.41, 5.74) is 2.51. The zero-order valence-corrected chi connectivity index (χ0v) is 24.2. The van der Waals surface area contributed by atoms with Crippen molar-refractivity contribution in [2.75, 3.05) is 27.7 Å². The van der Waals surface area contributed by atoms with E-state index in [1.807, 2.05) is 25.8 Å². The van der Waals surface area contributed by atoms with Crippen LogP contribution in [0.5, 0.6) is 0 Å². The third-order valence-corrected chi connectivity index (χ3v) is 12.4. The summed E-state index contributed by atoms with van der Waals surface area (Å²) in [5, 5.41) is 0. The molecule has 36 heavy (non-hydrogen) atoms. The van der Waals surface area contributed by atoms with E-state index in [1.165, 1.54) is 45.1 Å². The van der Waals surface area contributed by atoms with Crippen LogP contribution >= 0.6 is 0 Å². The zero-order valence-electron chi connectivity index (χ0n) is 24.2. The fourth-order valence-corrected chi connectivity index (χ4v) is 10.3. The predicted molar refractivity (Wildman–Crippen MR) is 145 cm³/mol. The summed E-state index contributed by atoms with van der Waals surface area (Å²) in [4.78, 5) is 32.0. The first-order valence-electron chi connectivity index (χ1n) is 14.8. The Balaban J connectivity index is 1.33. The molecule has 0 radical (unpaired) electrons. The number of amides is 2. The van der Waals surface area contributed by atoms with E-state index in [9.17, 15) is 9.59 Å². The number of likely N-dealkylation sites (tertiary alicyclic amines) is 1. The van der Waals surface area contributed by atoms with E-state index >= 15 is 0 Å². The van der Waals surface area contributed by atoms with Crippen LogP contribution < -0.4 is 0 Å². The van der Waals surface area contributed by atoms with E-state index in [-0.39, 0.29) is 29.8 Å². The molecule has 0 aromatic rings. The molecule has 5 aliphatic rings. The molecule has 4 aliphatic carbocycles. The van der Waals surface area contributed by atoms with Gasteiger partial charge in [0.05, 0.1) is 0 Å². The van der Waals surface area contributed by atoms with Gasteiger partial charge >= 0.3 is 0 Å². The van der Waals surface area contributed by atoms with Gasteiger partial charge < -0.3 is 14.7 Å². The predicted octanol–water partition coefficient (Wildman–Crippen LogP) is 5.21. The lowest BCUT2D eigenvalue weighted by Gasteiger charge is -2.58. The van der Waals surface area contributed by atoms with Crippen molar-refractivity contribution in [1.82, 2.24) is 14.7 Å². The summed E-state index contributed by atoms with van der Waals surface area (Å²) in [6.07, 6.45) is 12.9. The van der Waals surface area contributed by atoms with Gasteiger partial charge in [-0.2, -0.15) is 0 Å². The third-order valence-electron chi connectivity index (χ3n) is 12.4. The molecular weight excluding hydrogens is 446 g/mol. The minimum Gasteiger partial charge on any atom is -0.341 e. The second-order valence-electron chi connectivity index (χ2n) is 14.0. The maximum absolute atomic E-state index is 13.6. The average Bonchev–Trinajstić information content (AvgIpc) is 3.31. The summed E-state index contributed by atoms with van der Waals surface area (Å²) in [5.74, 6) is 3.62. The molecule has 4 fully saturated rings. The van der Waals surface area contributed by atoms with Gasteiger partial charge in [-0.25, -0.2) is 0 Å². The van der Waals surface area contributed by atoms with Crippen LogP contribution in [0, 0.1) is 40.4 Å². The average molecular weight is 498 g/mol. The standard InChI is InChI=1S/C31H51N3O2/c1-19(2)28(33(7)21(4)35)29(36)34(8)23-13-15-30(5)22(17-23)9-10-24-26(30)14-16-31-18-32(6)20(3)25(31)11-12-27(24)31/h9,19-20,23-28H,10-18H2,1-8H3. The number of allylic oxidation sites excluding steroid dienone is 1. The summed E-state index contributed by atoms with van der Waals surface area (Å²) in [7, 11) is 6.11. The van der Waals surface area contributed by atoms with Crippen molar-refractivity contribution in [3.05, 3.63) is 11.6 Å². The fraction of sp³-hybridized carbons (Fsp3) is 0.871. The third kappa shape index (κ3) is 3.73. The molecule has 5 nitrogen and oxygen atoms in total. The summed E-state index contributed by atoms with van der Waals surface area (Å²) in [6.45, 7) is 12.0. The molecule has 1 spiro atoms. The molecule has 1 heterocycles. The van der Waals surface area contributed by atoms with Gasteiger partial charge in [-0.15, -0.1) is 0 Å². The molecule has 0 aromatic heterocycles. The first-order chi connectivity index (χ1) is 16.9. The summed E-state index contributed by atoms with van der Waals surface area (Å²) < 4.78 is 0. The van der Waals surface area contributed by atoms with Gasteiger partial charge in [-0.3, -0.25) is 9.59 Å². The molecule has 1 saturated heterocycles. The van der Waals surface area contributed by atoms with Gasteiger partial charge in [0.1, 0.15) is 6.04 Å². The number of fused-ring (bicyclic) bond motifs is 4. The van der Waals surface area contributed by atoms with Crippen LogP contribution in [-0.4, -0.2) is 72.3 Å². The van der Waals surface area contributed by atoms with Crippen LogP contribution in [0.15, 0.2) is 11.6 Å². The number of hydrogen-bond acceptors (Lipinski definition) is 3. The SMILES string of the molecule is CC(=O)N(C)C(C(=O)N(C)C1CCC2(C)C(=CCC3C2CCC24CN(C)C(C)C2CCC34)C1)C(C)C. The highest BCUT2D eigenvalue weighted by molar-refractivity contribution is 5.87. The first-order valence-corrected chi connectivity index (χ1v) is 14.8. The van der Waals surface area contributed by atoms with Crippen LogP contribution in [0.2, 0.25) is 0 Å². The molecule has 9 atom stereocenters. The molecule has 2 amide bonds. The minimum atomic E-state index is -0.387. The topological polar surface area (TPSA) is 43.9 Å². The van der Waals surface area contributed by atoms with Crippen molar-refractivity contribution in [2.45, 2.75) is 104 Å². The van der Waals surface area contributed by atoms with Crippen molar-refractivity contribution >= 4 is 11.8 Å². The lowest BCUT2D eigenvalue weighted by Crippen LogP contribution is -2.55. The van der Waals surface area contributed by atoms with E-state index in [1.54, 1.807) is 24.4 Å². The largest absolute Gasteiger partial charge is 0.341 e. The number of likely N-dealkylation sites (N-methyl/N-ethyl adjacent to an activating group) is 2. The summed E-state index contributed by atoms with van der Waals surface area (Å²) in [6, 6.07) is 0.601. The Kier molecular flexibility index (Phi) is 6.66. The Morgan fingerprint density at radius 1 is 1.06 bits per heavy atom. The first kappa shape index (κ1) is 26.3. The lowest BCUT2D eigenvalue weighted by molar-refractivity contribution is -0.146. The second kappa shape index (κ2) is 9.13. The molecule has 0 aromatic carbocycles. The molecule has 0 bridgehead atoms. The number of rotatable bonds is 4. The van der Waals surface area contributed by atoms with Crippen molar-refractivity contribution in [2.24, 2.45) is 40.4 Å². The maximum Gasteiger partial charge on any atom is 0.245 e. The molecule has 3 saturated carbocycles. The fourth-order valence-electron chi connectivity index (χ4n) is 10.3. The molecular formula is C31H51N3O2. The highest BCUT2D eigenvalue weighted by atomic mass is 16.2. The van der Waals surface area contributed by atoms with Crippen molar-refractivity contribution in [3.8, 4) is 0 Å². The van der Waals surface area contributed by atoms with Gasteiger partial charge in [0.2, 0.25) is 11.8 Å². The quantitative estimate of drug-likeness (QED) is 0.501. The van der Waals surface area contributed by atoms with E-state index in [0.29, 0.717) is 10.8 Å². The van der Waals surface area contributed by atoms with Gasteiger partial charge in [-0.05, 0) is 106 Å². The van der Waals surface area contributed by atoms with E-state index in [2.05, 4.69) is 31.9 Å². The van der Waals surface area contributed by atoms with Crippen LogP contribution in [0.1, 0.15) is 86.0 Å². The second-order valence-corrected chi connectivity index (χ2v) is 14.0. The molecule has 5 rings (SSSR count). The van der Waals surface area contributed by atoms with Gasteiger partial charge in [0.25, 0.3) is 0 Å². The van der Waals surface area contributed by atoms with Crippen LogP contribution in [0.4, 0.5) is 0 Å². The Labute approximate surface area is 220 Å². The van der Waals surface area contributed by atoms with Crippen molar-refractivity contribution < 1.29 is 9.59 Å². The number of nitrogens with zero attached hydrogens (tertiary/aromatic N) is 3. The molecule has 0 N–H and O–H groups in total. The van der Waals surface area contributed by atoms with E-state index < -0.39 is 0 Å². The Morgan fingerprint density at radius 3 is 2.42 bits per heavy atom. The molecule has 5 heteroatoms. The van der Waals surface area contributed by atoms with E-state index in [4.69, 9.17) is 0 Å². The highest BCUT2D eigenvalue weighted by Gasteiger charge is 2.64. The Morgan fingerprint density at radius 2 is 1.75 bits per heavy atom. The number of carbonyl (C=O) groups excluding carboxylic acids is 2. The number of hydrogen-bond donors (Lipinski definition) is 0. The smallest absolute Gasteiger partial charge is 0.245 e.